The number of ketones is 4. The molecule has 6 heteroatoms. The van der Waals surface area contributed by atoms with Gasteiger partial charge in [0.2, 0.25) is 0 Å². The SMILES string of the molecule is O=C1CC=Cc2nc3ccccc3cc21.O=C1CC=Cc2nc3ccccc3cc21.O=C1c2ccccc2C(=O)c2ccccc21. The molecule has 220 valence electrons. The monoisotopic (exact) mass is 598 g/mol. The molecule has 0 unspecified atom stereocenters. The van der Waals surface area contributed by atoms with Crippen LogP contribution in [-0.4, -0.2) is 33.1 Å². The predicted molar refractivity (Wildman–Crippen MR) is 179 cm³/mol. The van der Waals surface area contributed by atoms with E-state index in [0.29, 0.717) is 35.1 Å². The molecular weight excluding hydrogens is 572 g/mol. The second-order valence-corrected chi connectivity index (χ2v) is 11.0. The molecule has 2 heterocycles. The molecule has 2 aromatic heterocycles. The first-order valence-corrected chi connectivity index (χ1v) is 14.9. The van der Waals surface area contributed by atoms with Crippen molar-refractivity contribution in [1.82, 2.24) is 9.97 Å². The zero-order valence-corrected chi connectivity index (χ0v) is 24.6. The van der Waals surface area contributed by atoms with E-state index in [-0.39, 0.29) is 23.1 Å². The van der Waals surface area contributed by atoms with Gasteiger partial charge in [0.15, 0.2) is 23.1 Å². The molecule has 0 saturated carbocycles. The highest BCUT2D eigenvalue weighted by Crippen LogP contribution is 2.27. The standard InChI is InChI=1S/C14H8O2.2C13H9NO/c15-13-9-5-1-2-6-10(9)14(16)12-8-4-3-7-11(12)13;2*15-13-7-3-6-12-10(13)8-9-4-1-2-5-11(9)14-12/h1-8H;2*1-6,8H,7H2. The third-order valence-corrected chi connectivity index (χ3v) is 8.10. The van der Waals surface area contributed by atoms with Crippen molar-refractivity contribution in [2.45, 2.75) is 12.8 Å². The van der Waals surface area contributed by atoms with E-state index in [9.17, 15) is 19.2 Å². The van der Waals surface area contributed by atoms with Crippen LogP contribution in [0.1, 0.15) is 76.8 Å². The van der Waals surface area contributed by atoms with E-state index in [1.54, 1.807) is 48.5 Å². The second-order valence-electron chi connectivity index (χ2n) is 11.0. The molecule has 6 nitrogen and oxygen atoms in total. The number of carbonyl (C=O) groups is 4. The number of Topliss-reactive ketones (excluding diaryl/α,β-unsaturated/α-hetero) is 2. The topological polar surface area (TPSA) is 94.1 Å². The van der Waals surface area contributed by atoms with E-state index in [0.717, 1.165) is 44.3 Å². The van der Waals surface area contributed by atoms with E-state index in [4.69, 9.17) is 0 Å². The van der Waals surface area contributed by atoms with E-state index >= 15 is 0 Å². The molecule has 6 aromatic rings. The van der Waals surface area contributed by atoms with Gasteiger partial charge in [0.25, 0.3) is 0 Å². The van der Waals surface area contributed by atoms with Crippen LogP contribution in [0, 0.1) is 0 Å². The number of pyridine rings is 2. The molecule has 0 fully saturated rings. The Labute approximate surface area is 264 Å². The molecule has 0 radical (unpaired) electrons. The van der Waals surface area contributed by atoms with E-state index < -0.39 is 0 Å². The lowest BCUT2D eigenvalue weighted by Gasteiger charge is -2.16. The summed E-state index contributed by atoms with van der Waals surface area (Å²) in [7, 11) is 0. The van der Waals surface area contributed by atoms with Crippen molar-refractivity contribution in [1.29, 1.82) is 0 Å². The molecule has 0 saturated heterocycles. The molecule has 4 aromatic carbocycles. The molecule has 46 heavy (non-hydrogen) atoms. The number of fused-ring (bicyclic) bond motifs is 6. The van der Waals surface area contributed by atoms with Crippen LogP contribution in [0.2, 0.25) is 0 Å². The maximum absolute atomic E-state index is 12.1. The molecule has 0 atom stereocenters. The van der Waals surface area contributed by atoms with Gasteiger partial charge in [0, 0.05) is 57.0 Å². The lowest BCUT2D eigenvalue weighted by Crippen LogP contribution is -2.20. The van der Waals surface area contributed by atoms with Crippen LogP contribution in [0.5, 0.6) is 0 Å². The van der Waals surface area contributed by atoms with Gasteiger partial charge in [-0.15, -0.1) is 0 Å². The maximum Gasteiger partial charge on any atom is 0.194 e. The highest BCUT2D eigenvalue weighted by Gasteiger charge is 2.28. The Bertz CT molecular complexity index is 2080. The first-order chi connectivity index (χ1) is 22.5. The highest BCUT2D eigenvalue weighted by atomic mass is 16.1. The Hall–Kier alpha value is -6.14. The third kappa shape index (κ3) is 5.37. The molecule has 3 aliphatic rings. The summed E-state index contributed by atoms with van der Waals surface area (Å²) in [5.74, 6) is 0.188. The Balaban J connectivity index is 0.000000110. The fraction of sp³-hybridized carbons (Fsp3) is 0.0500. The van der Waals surface area contributed by atoms with Crippen molar-refractivity contribution < 1.29 is 19.2 Å². The normalized spacial score (nSPS) is 13.9. The van der Waals surface area contributed by atoms with E-state index in [1.165, 1.54) is 0 Å². The highest BCUT2D eigenvalue weighted by molar-refractivity contribution is 6.28. The quantitative estimate of drug-likeness (QED) is 0.175. The summed E-state index contributed by atoms with van der Waals surface area (Å²) in [6.07, 6.45) is 8.56. The summed E-state index contributed by atoms with van der Waals surface area (Å²) in [4.78, 5) is 56.4. The summed E-state index contributed by atoms with van der Waals surface area (Å²) in [5.41, 5.74) is 6.99. The molecule has 0 spiro atoms. The van der Waals surface area contributed by atoms with Gasteiger partial charge in [-0.05, 0) is 36.4 Å². The number of hydrogen-bond donors (Lipinski definition) is 0. The number of benzene rings is 4. The number of rotatable bonds is 0. The first kappa shape index (κ1) is 28.6. The minimum atomic E-state index is -0.0641. The van der Waals surface area contributed by atoms with Gasteiger partial charge in [0.05, 0.1) is 22.4 Å². The smallest absolute Gasteiger partial charge is 0.194 e. The van der Waals surface area contributed by atoms with Crippen molar-refractivity contribution in [2.75, 3.05) is 0 Å². The van der Waals surface area contributed by atoms with Gasteiger partial charge >= 0.3 is 0 Å². The average Bonchev–Trinajstić information content (AvgIpc) is 3.10. The van der Waals surface area contributed by atoms with Crippen molar-refractivity contribution in [2.24, 2.45) is 0 Å². The molecule has 0 amide bonds. The van der Waals surface area contributed by atoms with Gasteiger partial charge in [-0.3, -0.25) is 19.2 Å². The van der Waals surface area contributed by atoms with Crippen LogP contribution in [0.3, 0.4) is 0 Å². The molecule has 9 rings (SSSR count). The van der Waals surface area contributed by atoms with Crippen molar-refractivity contribution in [3.8, 4) is 0 Å². The van der Waals surface area contributed by atoms with E-state index in [2.05, 4.69) is 9.97 Å². The minimum Gasteiger partial charge on any atom is -0.294 e. The molecule has 3 aliphatic carbocycles. The van der Waals surface area contributed by atoms with Crippen LogP contribution in [0.15, 0.2) is 121 Å². The maximum atomic E-state index is 12.1. The first-order valence-electron chi connectivity index (χ1n) is 14.9. The number of carbonyl (C=O) groups excluding carboxylic acids is 4. The van der Waals surface area contributed by atoms with Crippen LogP contribution in [0.25, 0.3) is 34.0 Å². The zero-order chi connectivity index (χ0) is 31.6. The van der Waals surface area contributed by atoms with Gasteiger partial charge in [-0.1, -0.05) is 97.1 Å². The summed E-state index contributed by atoms with van der Waals surface area (Å²) < 4.78 is 0. The van der Waals surface area contributed by atoms with Crippen LogP contribution in [0.4, 0.5) is 0 Å². The second kappa shape index (κ2) is 12.1. The van der Waals surface area contributed by atoms with Crippen LogP contribution in [-0.2, 0) is 0 Å². The largest absolute Gasteiger partial charge is 0.294 e. The number of hydrogen-bond acceptors (Lipinski definition) is 6. The summed E-state index contributed by atoms with van der Waals surface area (Å²) >= 11 is 0. The zero-order valence-electron chi connectivity index (χ0n) is 24.6. The molecule has 0 bridgehead atoms. The number of aromatic nitrogens is 2. The van der Waals surface area contributed by atoms with Crippen LogP contribution >= 0.6 is 0 Å². The van der Waals surface area contributed by atoms with E-state index in [1.807, 2.05) is 85.0 Å². The fourth-order valence-corrected chi connectivity index (χ4v) is 5.79. The average molecular weight is 599 g/mol. The Morgan fingerprint density at radius 2 is 0.761 bits per heavy atom. The van der Waals surface area contributed by atoms with Crippen LogP contribution < -0.4 is 0 Å². The minimum absolute atomic E-state index is 0.0641. The predicted octanol–water partition coefficient (Wildman–Crippen LogP) is 8.13. The Kier molecular flexibility index (Phi) is 7.53. The summed E-state index contributed by atoms with van der Waals surface area (Å²) in [6, 6.07) is 33.5. The molecule has 0 aliphatic heterocycles. The van der Waals surface area contributed by atoms with Gasteiger partial charge in [0.1, 0.15) is 0 Å². The number of nitrogens with zero attached hydrogens (tertiary/aromatic N) is 2. The third-order valence-electron chi connectivity index (χ3n) is 8.10. The Morgan fingerprint density at radius 1 is 0.413 bits per heavy atom. The van der Waals surface area contributed by atoms with Gasteiger partial charge < -0.3 is 0 Å². The molecular formula is C40H26N2O4. The Morgan fingerprint density at radius 3 is 1.15 bits per heavy atom. The fourth-order valence-electron chi connectivity index (χ4n) is 5.79. The van der Waals surface area contributed by atoms with Gasteiger partial charge in [-0.25, -0.2) is 9.97 Å². The van der Waals surface area contributed by atoms with Crippen molar-refractivity contribution >= 4 is 57.1 Å². The number of para-hydroxylation sites is 2. The molecule has 0 N–H and O–H groups in total. The lowest BCUT2D eigenvalue weighted by atomic mass is 9.84. The lowest BCUT2D eigenvalue weighted by molar-refractivity contribution is 0.0979. The summed E-state index contributed by atoms with van der Waals surface area (Å²) in [5, 5.41) is 2.06. The van der Waals surface area contributed by atoms with Crippen molar-refractivity contribution in [3.63, 3.8) is 0 Å². The summed E-state index contributed by atoms with van der Waals surface area (Å²) in [6.45, 7) is 0. The van der Waals surface area contributed by atoms with Crippen molar-refractivity contribution in [3.05, 3.63) is 166 Å². The number of allylic oxidation sites excluding steroid dienone is 2. The van der Waals surface area contributed by atoms with Gasteiger partial charge in [-0.2, -0.15) is 0 Å².